The Morgan fingerprint density at radius 3 is 2.79 bits per heavy atom. The molecule has 1 aromatic carbocycles. The highest BCUT2D eigenvalue weighted by atomic mass is 32.1. The van der Waals surface area contributed by atoms with Gasteiger partial charge in [-0.2, -0.15) is 0 Å². The van der Waals surface area contributed by atoms with Crippen molar-refractivity contribution >= 4 is 39.6 Å². The van der Waals surface area contributed by atoms with Crippen molar-refractivity contribution in [2.75, 3.05) is 0 Å². The Balaban J connectivity index is 1.58. The third-order valence-corrected chi connectivity index (χ3v) is 6.82. The van der Waals surface area contributed by atoms with Crippen LogP contribution in [0.1, 0.15) is 48.1 Å². The Morgan fingerprint density at radius 2 is 2.03 bits per heavy atom. The molecule has 0 aliphatic heterocycles. The van der Waals surface area contributed by atoms with Crippen molar-refractivity contribution in [2.24, 2.45) is 0 Å². The Kier molecular flexibility index (Phi) is 6.31. The van der Waals surface area contributed by atoms with Gasteiger partial charge in [0.1, 0.15) is 0 Å². The lowest BCUT2D eigenvalue weighted by atomic mass is 9.96. The lowest BCUT2D eigenvalue weighted by molar-refractivity contribution is 0.364. The molecule has 0 atom stereocenters. The van der Waals surface area contributed by atoms with Gasteiger partial charge < -0.3 is 15.2 Å². The van der Waals surface area contributed by atoms with Gasteiger partial charge in [0, 0.05) is 22.0 Å². The summed E-state index contributed by atoms with van der Waals surface area (Å²) < 4.78 is 0. The monoisotopic (exact) mass is 425 g/mol. The van der Waals surface area contributed by atoms with Gasteiger partial charge in [-0.25, -0.2) is 0 Å². The minimum atomic E-state index is -0.0419. The molecule has 6 heteroatoms. The van der Waals surface area contributed by atoms with E-state index in [1.165, 1.54) is 37.0 Å². The number of aromatic amines is 1. The first-order valence-corrected chi connectivity index (χ1v) is 11.6. The van der Waals surface area contributed by atoms with Crippen LogP contribution in [0, 0.1) is 6.92 Å². The summed E-state index contributed by atoms with van der Waals surface area (Å²) in [6.07, 6.45) is 6.17. The average molecular weight is 426 g/mol. The molecule has 0 saturated heterocycles. The van der Waals surface area contributed by atoms with Crippen molar-refractivity contribution in [1.82, 2.24) is 15.2 Å². The van der Waals surface area contributed by atoms with Crippen LogP contribution in [-0.2, 0) is 13.1 Å². The number of benzene rings is 1. The number of aryl methyl sites for hydroxylation is 1. The topological polar surface area (TPSA) is 48.1 Å². The Hall–Kier alpha value is -2.18. The van der Waals surface area contributed by atoms with Gasteiger partial charge in [0.25, 0.3) is 5.56 Å². The van der Waals surface area contributed by atoms with Gasteiger partial charge in [0.05, 0.1) is 13.1 Å². The molecule has 0 radical (unpaired) electrons. The fourth-order valence-electron chi connectivity index (χ4n) is 3.99. The van der Waals surface area contributed by atoms with Crippen molar-refractivity contribution in [3.05, 3.63) is 68.1 Å². The zero-order chi connectivity index (χ0) is 20.2. The number of hydrogen-bond acceptors (Lipinski definition) is 3. The zero-order valence-corrected chi connectivity index (χ0v) is 18.4. The molecule has 4 rings (SSSR count). The number of hydrogen-bond donors (Lipinski definition) is 2. The summed E-state index contributed by atoms with van der Waals surface area (Å²) in [5.74, 6) is 0. The second-order valence-corrected chi connectivity index (χ2v) is 9.35. The lowest BCUT2D eigenvalue weighted by Crippen LogP contribution is -2.45. The van der Waals surface area contributed by atoms with Crippen LogP contribution in [0.15, 0.2) is 46.6 Å². The summed E-state index contributed by atoms with van der Waals surface area (Å²) in [6.45, 7) is 3.24. The maximum absolute atomic E-state index is 12.8. The average Bonchev–Trinajstić information content (AvgIpc) is 3.22. The van der Waals surface area contributed by atoms with E-state index in [0.29, 0.717) is 19.1 Å². The van der Waals surface area contributed by atoms with E-state index in [-0.39, 0.29) is 5.56 Å². The summed E-state index contributed by atoms with van der Waals surface area (Å²) >= 11 is 7.51. The zero-order valence-electron chi connectivity index (χ0n) is 16.7. The second kappa shape index (κ2) is 9.09. The van der Waals surface area contributed by atoms with Gasteiger partial charge in [-0.15, -0.1) is 11.3 Å². The summed E-state index contributed by atoms with van der Waals surface area (Å²) in [5, 5.41) is 7.44. The first-order chi connectivity index (χ1) is 14.1. The highest BCUT2D eigenvalue weighted by molar-refractivity contribution is 7.80. The van der Waals surface area contributed by atoms with Crippen molar-refractivity contribution in [3.63, 3.8) is 0 Å². The smallest absolute Gasteiger partial charge is 0.253 e. The molecule has 0 spiro atoms. The molecule has 1 fully saturated rings. The Bertz CT molecular complexity index is 1040. The van der Waals surface area contributed by atoms with Crippen molar-refractivity contribution < 1.29 is 0 Å². The predicted octanol–water partition coefficient (Wildman–Crippen LogP) is 5.11. The van der Waals surface area contributed by atoms with Crippen LogP contribution in [-0.4, -0.2) is 21.0 Å². The van der Waals surface area contributed by atoms with Gasteiger partial charge in [0.15, 0.2) is 5.11 Å². The first kappa shape index (κ1) is 20.1. The predicted molar refractivity (Wildman–Crippen MR) is 125 cm³/mol. The maximum atomic E-state index is 12.8. The molecular weight excluding hydrogens is 398 g/mol. The van der Waals surface area contributed by atoms with Crippen molar-refractivity contribution in [1.29, 1.82) is 0 Å². The van der Waals surface area contributed by atoms with Gasteiger partial charge >= 0.3 is 0 Å². The third kappa shape index (κ3) is 5.06. The fraction of sp³-hybridized carbons (Fsp3) is 0.391. The standard InChI is InChI=1S/C23H27N3OS2/c1-16-9-10-17-13-18(22(27)25-21(17)12-16)14-26(15-20-8-5-11-29-20)23(28)24-19-6-3-2-4-7-19/h5,8-13,19H,2-4,6-7,14-15H2,1H3,(H,24,28)(H,25,27). The van der Waals surface area contributed by atoms with E-state index in [2.05, 4.69) is 44.8 Å². The number of nitrogens with one attached hydrogen (secondary N) is 2. The highest BCUT2D eigenvalue weighted by Gasteiger charge is 2.19. The van der Waals surface area contributed by atoms with E-state index < -0.39 is 0 Å². The van der Waals surface area contributed by atoms with Crippen LogP contribution in [0.25, 0.3) is 10.9 Å². The Morgan fingerprint density at radius 1 is 1.21 bits per heavy atom. The minimum absolute atomic E-state index is 0.0419. The SMILES string of the molecule is Cc1ccc2cc(CN(Cc3cccs3)C(=S)NC3CCCCC3)c(=O)[nH]c2c1. The summed E-state index contributed by atoms with van der Waals surface area (Å²) in [6, 6.07) is 12.8. The van der Waals surface area contributed by atoms with E-state index in [0.717, 1.165) is 27.1 Å². The van der Waals surface area contributed by atoms with Crippen LogP contribution in [0.3, 0.4) is 0 Å². The van der Waals surface area contributed by atoms with Crippen molar-refractivity contribution in [3.8, 4) is 0 Å². The number of nitrogens with zero attached hydrogens (tertiary/aromatic N) is 1. The number of rotatable bonds is 5. The molecule has 152 valence electrons. The van der Waals surface area contributed by atoms with E-state index in [1.54, 1.807) is 11.3 Å². The molecule has 1 saturated carbocycles. The molecule has 0 amide bonds. The summed E-state index contributed by atoms with van der Waals surface area (Å²) in [4.78, 5) is 19.2. The number of fused-ring (bicyclic) bond motifs is 1. The molecule has 2 N–H and O–H groups in total. The Labute approximate surface area is 181 Å². The quantitative estimate of drug-likeness (QED) is 0.558. The van der Waals surface area contributed by atoms with Gasteiger partial charge in [0.2, 0.25) is 0 Å². The molecule has 1 aliphatic carbocycles. The number of thiocarbonyl (C=S) groups is 1. The van der Waals surface area contributed by atoms with Crippen molar-refractivity contribution in [2.45, 2.75) is 58.2 Å². The molecular formula is C23H27N3OS2. The number of aromatic nitrogens is 1. The maximum Gasteiger partial charge on any atom is 0.253 e. The fourth-order valence-corrected chi connectivity index (χ4v) is 5.00. The van der Waals surface area contributed by atoms with Crippen LogP contribution in [0.4, 0.5) is 0 Å². The van der Waals surface area contributed by atoms with Crippen LogP contribution < -0.4 is 10.9 Å². The second-order valence-electron chi connectivity index (χ2n) is 7.93. The van der Waals surface area contributed by atoms with Gasteiger partial charge in [-0.1, -0.05) is 37.5 Å². The molecule has 1 aliphatic rings. The van der Waals surface area contributed by atoms with E-state index >= 15 is 0 Å². The van der Waals surface area contributed by atoms with E-state index in [9.17, 15) is 4.79 Å². The summed E-state index contributed by atoms with van der Waals surface area (Å²) in [7, 11) is 0. The normalized spacial score (nSPS) is 14.8. The number of pyridine rings is 1. The molecule has 3 aromatic rings. The lowest BCUT2D eigenvalue weighted by Gasteiger charge is -2.30. The van der Waals surface area contributed by atoms with Gasteiger partial charge in [-0.05, 0) is 66.5 Å². The van der Waals surface area contributed by atoms with Crippen LogP contribution in [0.2, 0.25) is 0 Å². The van der Waals surface area contributed by atoms with Gasteiger partial charge in [-0.3, -0.25) is 4.79 Å². The number of H-pyrrole nitrogens is 1. The summed E-state index contributed by atoms with van der Waals surface area (Å²) in [5.41, 5.74) is 2.72. The third-order valence-electron chi connectivity index (χ3n) is 5.59. The van der Waals surface area contributed by atoms with Crippen LogP contribution >= 0.6 is 23.6 Å². The number of thiophene rings is 1. The van der Waals surface area contributed by atoms with E-state index in [1.807, 2.05) is 19.1 Å². The molecule has 2 aromatic heterocycles. The molecule has 0 bridgehead atoms. The van der Waals surface area contributed by atoms with E-state index in [4.69, 9.17) is 12.2 Å². The first-order valence-electron chi connectivity index (χ1n) is 10.3. The largest absolute Gasteiger partial charge is 0.360 e. The molecule has 0 unspecified atom stereocenters. The molecule has 4 nitrogen and oxygen atoms in total. The molecule has 2 heterocycles. The van der Waals surface area contributed by atoms with Crippen LogP contribution in [0.5, 0.6) is 0 Å². The minimum Gasteiger partial charge on any atom is -0.360 e. The highest BCUT2D eigenvalue weighted by Crippen LogP contribution is 2.20. The molecule has 29 heavy (non-hydrogen) atoms.